The minimum Gasteiger partial charge on any atom is -0.113 e. The molecule has 0 aliphatic heterocycles. The van der Waals surface area contributed by atoms with E-state index in [1.165, 1.54) is 0 Å². The predicted molar refractivity (Wildman–Crippen MR) is 81.0 cm³/mol. The molecule has 0 aliphatic carbocycles. The number of benzene rings is 2. The van der Waals surface area contributed by atoms with Gasteiger partial charge in [0, 0.05) is 14.0 Å². The molecule has 0 radical (unpaired) electrons. The fraction of sp³-hybridized carbons (Fsp3) is 0.0769. The first-order chi connectivity index (χ1) is 8.06. The summed E-state index contributed by atoms with van der Waals surface area (Å²) in [6.45, 7) is 0. The Kier molecular flexibility index (Phi) is 4.53. The van der Waals surface area contributed by atoms with Gasteiger partial charge in [0.15, 0.2) is 0 Å². The molecule has 2 aromatic carbocycles. The second-order valence-electron chi connectivity index (χ2n) is 3.62. The van der Waals surface area contributed by atoms with Crippen molar-refractivity contribution in [3.63, 3.8) is 0 Å². The topological polar surface area (TPSA) is 0 Å². The molecule has 0 aromatic heterocycles. The Bertz CT molecular complexity index is 503. The molecule has 0 saturated heterocycles. The van der Waals surface area contributed by atoms with Crippen LogP contribution >= 0.6 is 55.1 Å². The van der Waals surface area contributed by atoms with Gasteiger partial charge in [-0.15, -0.1) is 11.6 Å². The molecule has 88 valence electrons. The maximum atomic E-state index is 6.44. The maximum absolute atomic E-state index is 6.44. The van der Waals surface area contributed by atoms with Crippen molar-refractivity contribution in [2.45, 2.75) is 5.38 Å². The molecule has 0 N–H and O–H groups in total. The smallest absolute Gasteiger partial charge is 0.0836 e. The van der Waals surface area contributed by atoms with E-state index in [0.29, 0.717) is 5.02 Å². The van der Waals surface area contributed by atoms with Gasteiger partial charge in [0.05, 0.1) is 5.38 Å². The summed E-state index contributed by atoms with van der Waals surface area (Å²) in [5.41, 5.74) is 2.07. The number of halogens is 4. The fourth-order valence-corrected chi connectivity index (χ4v) is 3.27. The monoisotopic (exact) mass is 392 g/mol. The average molecular weight is 395 g/mol. The lowest BCUT2D eigenvalue weighted by molar-refractivity contribution is 1.13. The van der Waals surface area contributed by atoms with E-state index >= 15 is 0 Å². The van der Waals surface area contributed by atoms with Gasteiger partial charge in [-0.25, -0.2) is 0 Å². The lowest BCUT2D eigenvalue weighted by Crippen LogP contribution is -1.93. The molecule has 1 unspecified atom stereocenters. The lowest BCUT2D eigenvalue weighted by Gasteiger charge is -2.11. The van der Waals surface area contributed by atoms with Gasteiger partial charge in [0.1, 0.15) is 0 Å². The summed E-state index contributed by atoms with van der Waals surface area (Å²) >= 11 is 19.2. The second-order valence-corrected chi connectivity index (χ2v) is 6.32. The van der Waals surface area contributed by atoms with E-state index in [4.69, 9.17) is 23.2 Å². The summed E-state index contributed by atoms with van der Waals surface area (Å²) in [4.78, 5) is 0. The molecule has 17 heavy (non-hydrogen) atoms. The van der Waals surface area contributed by atoms with Crippen molar-refractivity contribution in [2.75, 3.05) is 0 Å². The Hall–Kier alpha value is -0.0200. The zero-order chi connectivity index (χ0) is 12.4. The van der Waals surface area contributed by atoms with Crippen LogP contribution in [0.25, 0.3) is 0 Å². The number of hydrogen-bond donors (Lipinski definition) is 0. The average Bonchev–Trinajstić information content (AvgIpc) is 2.28. The van der Waals surface area contributed by atoms with Crippen molar-refractivity contribution in [1.82, 2.24) is 0 Å². The van der Waals surface area contributed by atoms with E-state index in [1.807, 2.05) is 42.5 Å². The third-order valence-electron chi connectivity index (χ3n) is 2.34. The third-order valence-corrected chi connectivity index (χ3v) is 4.01. The molecule has 0 nitrogen and oxygen atoms in total. The summed E-state index contributed by atoms with van der Waals surface area (Å²) in [6.07, 6.45) is 0. The maximum Gasteiger partial charge on any atom is 0.0836 e. The van der Waals surface area contributed by atoms with E-state index in [9.17, 15) is 0 Å². The van der Waals surface area contributed by atoms with Crippen molar-refractivity contribution in [2.24, 2.45) is 0 Å². The van der Waals surface area contributed by atoms with Crippen LogP contribution in [0.5, 0.6) is 0 Å². The highest BCUT2D eigenvalue weighted by atomic mass is 79.9. The molecule has 4 heteroatoms. The predicted octanol–water partition coefficient (Wildman–Crippen LogP) is 6.19. The van der Waals surface area contributed by atoms with Crippen molar-refractivity contribution in [3.05, 3.63) is 67.6 Å². The molecule has 1 atom stereocenters. The molecule has 0 heterocycles. The minimum atomic E-state index is -0.180. The van der Waals surface area contributed by atoms with E-state index in [-0.39, 0.29) is 5.38 Å². The second kappa shape index (κ2) is 5.75. The van der Waals surface area contributed by atoms with Crippen LogP contribution in [0, 0.1) is 0 Å². The van der Waals surface area contributed by atoms with Crippen LogP contribution in [-0.2, 0) is 0 Å². The van der Waals surface area contributed by atoms with Gasteiger partial charge in [-0.2, -0.15) is 0 Å². The van der Waals surface area contributed by atoms with Crippen LogP contribution in [0.2, 0.25) is 5.02 Å². The highest BCUT2D eigenvalue weighted by molar-refractivity contribution is 9.11. The van der Waals surface area contributed by atoms with Gasteiger partial charge in [-0.05, 0) is 41.5 Å². The molecule has 0 fully saturated rings. The molecule has 0 amide bonds. The first kappa shape index (κ1) is 13.4. The summed E-state index contributed by atoms with van der Waals surface area (Å²) in [6, 6.07) is 13.6. The van der Waals surface area contributed by atoms with Crippen LogP contribution < -0.4 is 0 Å². The molecule has 0 aliphatic rings. The highest BCUT2D eigenvalue weighted by Crippen LogP contribution is 2.33. The Morgan fingerprint density at radius 1 is 0.824 bits per heavy atom. The first-order valence-electron chi connectivity index (χ1n) is 4.92. The fourth-order valence-electron chi connectivity index (χ4n) is 1.55. The molecule has 2 aromatic rings. The zero-order valence-electron chi connectivity index (χ0n) is 8.63. The van der Waals surface area contributed by atoms with Crippen molar-refractivity contribution in [1.29, 1.82) is 0 Å². The van der Waals surface area contributed by atoms with Crippen LogP contribution in [0.1, 0.15) is 16.5 Å². The molecule has 2 rings (SSSR count). The summed E-state index contributed by atoms with van der Waals surface area (Å²) in [5.74, 6) is 0. The minimum absolute atomic E-state index is 0.180. The summed E-state index contributed by atoms with van der Waals surface area (Å²) in [7, 11) is 0. The Morgan fingerprint density at radius 3 is 1.88 bits per heavy atom. The van der Waals surface area contributed by atoms with Crippen LogP contribution in [0.15, 0.2) is 51.4 Å². The van der Waals surface area contributed by atoms with E-state index in [1.54, 1.807) is 0 Å². The quantitative estimate of drug-likeness (QED) is 0.532. The van der Waals surface area contributed by atoms with Gasteiger partial charge in [0.2, 0.25) is 0 Å². The van der Waals surface area contributed by atoms with Gasteiger partial charge in [-0.1, -0.05) is 55.6 Å². The molecule has 0 saturated carbocycles. The Balaban J connectivity index is 2.36. The largest absolute Gasteiger partial charge is 0.113 e. The van der Waals surface area contributed by atoms with Crippen molar-refractivity contribution >= 4 is 55.1 Å². The molecule has 0 spiro atoms. The standard InChI is InChI=1S/C13H8Br2Cl2/c14-10-5-9(6-11(15)7-10)13(17)8-1-3-12(16)4-2-8/h1-7,13H. The summed E-state index contributed by atoms with van der Waals surface area (Å²) in [5, 5.41) is 0.536. The Morgan fingerprint density at radius 2 is 1.35 bits per heavy atom. The van der Waals surface area contributed by atoms with Crippen molar-refractivity contribution in [3.8, 4) is 0 Å². The molecular weight excluding hydrogens is 387 g/mol. The van der Waals surface area contributed by atoms with E-state index in [2.05, 4.69) is 31.9 Å². The lowest BCUT2D eigenvalue weighted by atomic mass is 10.0. The number of alkyl halides is 1. The first-order valence-corrected chi connectivity index (χ1v) is 7.32. The number of hydrogen-bond acceptors (Lipinski definition) is 0. The van der Waals surface area contributed by atoms with Crippen molar-refractivity contribution < 1.29 is 0 Å². The van der Waals surface area contributed by atoms with Crippen LogP contribution in [0.4, 0.5) is 0 Å². The zero-order valence-corrected chi connectivity index (χ0v) is 13.3. The SMILES string of the molecule is Clc1ccc(C(Cl)c2cc(Br)cc(Br)c2)cc1. The highest BCUT2D eigenvalue weighted by Gasteiger charge is 2.11. The van der Waals surface area contributed by atoms with Gasteiger partial charge in [0.25, 0.3) is 0 Å². The van der Waals surface area contributed by atoms with Crippen LogP contribution in [-0.4, -0.2) is 0 Å². The number of rotatable bonds is 2. The van der Waals surface area contributed by atoms with Crippen LogP contribution in [0.3, 0.4) is 0 Å². The Labute approximate surface area is 127 Å². The molecular formula is C13H8Br2Cl2. The normalized spacial score (nSPS) is 12.5. The van der Waals surface area contributed by atoms with Gasteiger partial charge in [-0.3, -0.25) is 0 Å². The van der Waals surface area contributed by atoms with E-state index < -0.39 is 0 Å². The van der Waals surface area contributed by atoms with Gasteiger partial charge < -0.3 is 0 Å². The molecule has 0 bridgehead atoms. The third kappa shape index (κ3) is 3.47. The van der Waals surface area contributed by atoms with Gasteiger partial charge >= 0.3 is 0 Å². The summed E-state index contributed by atoms with van der Waals surface area (Å²) < 4.78 is 2.00. The van der Waals surface area contributed by atoms with E-state index in [0.717, 1.165) is 20.1 Å².